The van der Waals surface area contributed by atoms with Crippen LogP contribution in [0.3, 0.4) is 0 Å². The molecule has 3 N–H and O–H groups in total. The van der Waals surface area contributed by atoms with Crippen molar-refractivity contribution in [3.63, 3.8) is 0 Å². The van der Waals surface area contributed by atoms with Crippen LogP contribution in [0.2, 0.25) is 0 Å². The summed E-state index contributed by atoms with van der Waals surface area (Å²) in [5, 5.41) is 24.9. The Kier molecular flexibility index (Phi) is 6.28. The van der Waals surface area contributed by atoms with E-state index in [0.29, 0.717) is 5.57 Å². The summed E-state index contributed by atoms with van der Waals surface area (Å²) in [6.07, 6.45) is 1.80. The van der Waals surface area contributed by atoms with Crippen LogP contribution in [0.4, 0.5) is 4.39 Å². The second-order valence-corrected chi connectivity index (χ2v) is 9.02. The predicted molar refractivity (Wildman–Crippen MR) is 125 cm³/mol. The summed E-state index contributed by atoms with van der Waals surface area (Å²) in [7, 11) is 1.31. The highest BCUT2D eigenvalue weighted by Gasteiger charge is 2.52. The largest absolute Gasteiger partial charge is 0.504 e. The molecule has 3 heterocycles. The van der Waals surface area contributed by atoms with Gasteiger partial charge in [0.25, 0.3) is 23.3 Å². The van der Waals surface area contributed by atoms with Crippen molar-refractivity contribution in [2.45, 2.75) is 26.4 Å². The van der Waals surface area contributed by atoms with Crippen LogP contribution in [0.25, 0.3) is 0 Å². The van der Waals surface area contributed by atoms with Crippen LogP contribution in [0.1, 0.15) is 19.4 Å². The van der Waals surface area contributed by atoms with Gasteiger partial charge in [0.15, 0.2) is 17.0 Å². The van der Waals surface area contributed by atoms with Crippen LogP contribution in [0.15, 0.2) is 64.3 Å². The van der Waals surface area contributed by atoms with Crippen LogP contribution in [0, 0.1) is 22.6 Å². The maximum atomic E-state index is 13.4. The van der Waals surface area contributed by atoms with Gasteiger partial charge in [0.05, 0.1) is 11.5 Å². The van der Waals surface area contributed by atoms with Gasteiger partial charge in [0.2, 0.25) is 12.3 Å². The Bertz CT molecular complexity index is 1380. The molecule has 3 aliphatic rings. The highest BCUT2D eigenvalue weighted by atomic mass is 19.1. The van der Waals surface area contributed by atoms with E-state index in [9.17, 15) is 29.1 Å². The molecule has 0 saturated heterocycles. The zero-order chi connectivity index (χ0) is 26.2. The Morgan fingerprint density at radius 2 is 1.97 bits per heavy atom. The Balaban J connectivity index is 1.78. The lowest BCUT2D eigenvalue weighted by Gasteiger charge is -2.30. The Morgan fingerprint density at radius 3 is 2.61 bits per heavy atom. The van der Waals surface area contributed by atoms with Crippen molar-refractivity contribution in [1.29, 1.82) is 5.26 Å². The van der Waals surface area contributed by atoms with Gasteiger partial charge in [-0.3, -0.25) is 9.59 Å². The molecule has 0 aromatic heterocycles. The third-order valence-electron chi connectivity index (χ3n) is 5.82. The van der Waals surface area contributed by atoms with Crippen molar-refractivity contribution in [2.24, 2.45) is 10.4 Å². The third kappa shape index (κ3) is 4.40. The lowest BCUT2D eigenvalue weighted by atomic mass is 9.89. The van der Waals surface area contributed by atoms with E-state index in [1.54, 1.807) is 26.0 Å². The van der Waals surface area contributed by atoms with Crippen LogP contribution in [0.5, 0.6) is 0 Å². The molecule has 3 amide bonds. The number of ether oxygens (including phenoxy) is 1. The van der Waals surface area contributed by atoms with Crippen LogP contribution in [-0.2, 0) is 25.5 Å². The van der Waals surface area contributed by atoms with E-state index in [1.165, 1.54) is 25.4 Å². The number of nitriles is 1. The average Bonchev–Trinajstić information content (AvgIpc) is 2.87. The minimum atomic E-state index is -1.00. The number of nitrogens with one attached hydrogen (secondary N) is 2. The topological polar surface area (TPSA) is 144 Å². The van der Waals surface area contributed by atoms with E-state index in [1.807, 2.05) is 0 Å². The van der Waals surface area contributed by atoms with Crippen LogP contribution >= 0.6 is 0 Å². The predicted octanol–water partition coefficient (Wildman–Crippen LogP) is 1.16. The van der Waals surface area contributed by atoms with Gasteiger partial charge in [-0.05, 0) is 38.0 Å². The second kappa shape index (κ2) is 9.22. The van der Waals surface area contributed by atoms with Crippen molar-refractivity contribution in [2.75, 3.05) is 13.6 Å². The first-order valence-electron chi connectivity index (χ1n) is 11.0. The first-order chi connectivity index (χ1) is 17.1. The zero-order valence-electron chi connectivity index (χ0n) is 19.8. The molecule has 1 aromatic rings. The van der Waals surface area contributed by atoms with E-state index >= 15 is 0 Å². The molecule has 3 aliphatic heterocycles. The molecule has 36 heavy (non-hydrogen) atoms. The maximum absolute atomic E-state index is 13.4. The molecular formula is C25H23FN5O5+. The molecule has 0 spiro atoms. The number of halogens is 1. The fraction of sp³-hybridized carbons (Fsp3) is 0.280. The molecular weight excluding hydrogens is 469 g/mol. The average molecular weight is 492 g/mol. The maximum Gasteiger partial charge on any atom is 0.434 e. The first kappa shape index (κ1) is 24.5. The minimum absolute atomic E-state index is 0.0212. The van der Waals surface area contributed by atoms with Gasteiger partial charge < -0.3 is 20.5 Å². The summed E-state index contributed by atoms with van der Waals surface area (Å²) in [4.78, 5) is 42.9. The van der Waals surface area contributed by atoms with Gasteiger partial charge in [-0.15, -0.1) is 4.58 Å². The first-order valence-corrected chi connectivity index (χ1v) is 11.0. The van der Waals surface area contributed by atoms with Gasteiger partial charge in [0, 0.05) is 25.4 Å². The number of amides is 3. The summed E-state index contributed by atoms with van der Waals surface area (Å²) >= 11 is 0. The number of likely N-dealkylation sites (N-methyl/N-ethyl adjacent to an activating group) is 1. The molecule has 10 nitrogen and oxygen atoms in total. The summed E-state index contributed by atoms with van der Waals surface area (Å²) in [6.45, 7) is 3.33. The number of carbonyl (C=O) groups is 3. The smallest absolute Gasteiger partial charge is 0.434 e. The summed E-state index contributed by atoms with van der Waals surface area (Å²) in [6, 6.07) is 7.86. The summed E-state index contributed by atoms with van der Waals surface area (Å²) in [5.41, 5.74) is -0.00681. The number of aliphatic hydroxyl groups excluding tert-OH is 1. The molecule has 0 saturated carbocycles. The van der Waals surface area contributed by atoms with Crippen molar-refractivity contribution < 1.29 is 33.2 Å². The van der Waals surface area contributed by atoms with Gasteiger partial charge in [0.1, 0.15) is 5.82 Å². The minimum Gasteiger partial charge on any atom is -0.504 e. The Morgan fingerprint density at radius 1 is 1.28 bits per heavy atom. The van der Waals surface area contributed by atoms with Crippen molar-refractivity contribution in [1.82, 2.24) is 10.6 Å². The monoisotopic (exact) mass is 492 g/mol. The summed E-state index contributed by atoms with van der Waals surface area (Å²) < 4.78 is 20.4. The number of hydrogen-bond donors (Lipinski definition) is 3. The van der Waals surface area contributed by atoms with Crippen LogP contribution < -0.4 is 10.6 Å². The van der Waals surface area contributed by atoms with Crippen LogP contribution in [-0.4, -0.2) is 58.5 Å². The fourth-order valence-corrected chi connectivity index (χ4v) is 3.83. The molecule has 1 unspecified atom stereocenters. The van der Waals surface area contributed by atoms with Crippen molar-refractivity contribution in [3.05, 3.63) is 70.7 Å². The van der Waals surface area contributed by atoms with Gasteiger partial charge in [-0.2, -0.15) is 5.26 Å². The standard InChI is InChI=1S/C25H22FN5O5/c1-25(2,11-27)12-30-22(33)16-10-31-19-18(20(32)17(24(31)35)23(34)28-3)29-9-14(21(19)36-16)8-13-4-6-15(26)7-5-13/h4-7,9-10,21H,8,12H2,1-3H3,(H2-,28,30,32,33,34,35)/p+1. The number of nitrogens with zero attached hydrogens (tertiary/aromatic N) is 3. The highest BCUT2D eigenvalue weighted by Crippen LogP contribution is 2.30. The number of carbonyl (C=O) groups excluding carboxylic acids is 3. The number of hydrogen-bond acceptors (Lipinski definition) is 7. The number of allylic oxidation sites excluding steroid dienone is 1. The molecule has 4 rings (SSSR count). The highest BCUT2D eigenvalue weighted by molar-refractivity contribution is 6.52. The number of benzene rings is 1. The number of aliphatic imine (C=N–C) groups is 1. The fourth-order valence-electron chi connectivity index (χ4n) is 3.83. The molecule has 0 radical (unpaired) electrons. The Labute approximate surface area is 205 Å². The van der Waals surface area contributed by atoms with Gasteiger partial charge >= 0.3 is 5.91 Å². The molecule has 11 heteroatoms. The SMILES string of the molecule is CNC(=O)C1=C(O)C2=NC=C(Cc3ccc(F)cc3)C3OC(C(=O)NCC(C)(C)C#N)=C[N+](=C23)C1=O. The normalized spacial score (nSPS) is 18.8. The number of rotatable bonds is 6. The third-order valence-corrected chi connectivity index (χ3v) is 5.82. The van der Waals surface area contributed by atoms with E-state index in [4.69, 9.17) is 4.74 Å². The molecule has 184 valence electrons. The lowest BCUT2D eigenvalue weighted by molar-refractivity contribution is -0.385. The van der Waals surface area contributed by atoms with Crippen molar-refractivity contribution in [3.8, 4) is 6.07 Å². The molecule has 1 aromatic carbocycles. The lowest BCUT2D eigenvalue weighted by Crippen LogP contribution is -2.52. The molecule has 0 bridgehead atoms. The Hall–Kier alpha value is -4.59. The van der Waals surface area contributed by atoms with Crippen molar-refractivity contribution >= 4 is 29.1 Å². The van der Waals surface area contributed by atoms with E-state index in [-0.39, 0.29) is 30.1 Å². The van der Waals surface area contributed by atoms with Gasteiger partial charge in [-0.1, -0.05) is 12.1 Å². The quantitative estimate of drug-likeness (QED) is 0.402. The molecule has 1 atom stereocenters. The molecule has 0 fully saturated rings. The van der Waals surface area contributed by atoms with Gasteiger partial charge in [-0.25, -0.2) is 14.2 Å². The number of aliphatic hydroxyl groups is 1. The van der Waals surface area contributed by atoms with E-state index in [2.05, 4.69) is 21.7 Å². The summed E-state index contributed by atoms with van der Waals surface area (Å²) in [5.74, 6) is -3.58. The molecule has 0 aliphatic carbocycles. The van der Waals surface area contributed by atoms with E-state index in [0.717, 1.165) is 16.3 Å². The zero-order valence-corrected chi connectivity index (χ0v) is 19.8. The second-order valence-electron chi connectivity index (χ2n) is 9.02. The van der Waals surface area contributed by atoms with E-state index < -0.39 is 46.4 Å².